The predicted molar refractivity (Wildman–Crippen MR) is 84.5 cm³/mol. The van der Waals surface area contributed by atoms with Crippen LogP contribution in [-0.4, -0.2) is 6.04 Å². The van der Waals surface area contributed by atoms with Crippen molar-refractivity contribution < 1.29 is 0 Å². The first-order valence-corrected chi connectivity index (χ1v) is 7.65. The van der Waals surface area contributed by atoms with Crippen molar-refractivity contribution in [3.63, 3.8) is 0 Å². The van der Waals surface area contributed by atoms with Crippen molar-refractivity contribution in [1.82, 2.24) is 0 Å². The molecule has 2 rings (SSSR count). The van der Waals surface area contributed by atoms with E-state index >= 15 is 0 Å². The minimum Gasteiger partial charge on any atom is -0.328 e. The van der Waals surface area contributed by atoms with Crippen molar-refractivity contribution in [3.05, 3.63) is 65.2 Å². The second-order valence-electron chi connectivity index (χ2n) is 5.07. The smallest absolute Gasteiger partial charge is 0.0232 e. The Bertz CT molecular complexity index is 534. The van der Waals surface area contributed by atoms with Crippen molar-refractivity contribution >= 4 is 11.8 Å². The van der Waals surface area contributed by atoms with E-state index in [1.54, 1.807) is 0 Å². The van der Waals surface area contributed by atoms with Crippen LogP contribution in [0.5, 0.6) is 0 Å². The zero-order valence-corrected chi connectivity index (χ0v) is 12.4. The highest BCUT2D eigenvalue weighted by Gasteiger charge is 2.05. The van der Waals surface area contributed by atoms with Gasteiger partial charge in [0.25, 0.3) is 0 Å². The van der Waals surface area contributed by atoms with E-state index in [0.717, 1.165) is 12.2 Å². The van der Waals surface area contributed by atoms with Gasteiger partial charge in [-0.2, -0.15) is 0 Å². The molecule has 0 spiro atoms. The SMILES string of the molecule is Cc1cccc(CSc2ccccc2CC(C)N)c1. The number of nitrogens with two attached hydrogens (primary N) is 1. The molecule has 0 saturated carbocycles. The molecule has 0 saturated heterocycles. The lowest BCUT2D eigenvalue weighted by Gasteiger charge is -2.11. The number of rotatable bonds is 5. The zero-order chi connectivity index (χ0) is 13.7. The molecule has 0 aliphatic heterocycles. The lowest BCUT2D eigenvalue weighted by Crippen LogP contribution is -2.18. The largest absolute Gasteiger partial charge is 0.328 e. The van der Waals surface area contributed by atoms with E-state index in [1.807, 2.05) is 11.8 Å². The fourth-order valence-electron chi connectivity index (χ4n) is 2.12. The first kappa shape index (κ1) is 14.2. The van der Waals surface area contributed by atoms with Gasteiger partial charge in [-0.05, 0) is 37.5 Å². The van der Waals surface area contributed by atoms with E-state index in [0.29, 0.717) is 0 Å². The first-order valence-electron chi connectivity index (χ1n) is 6.67. The van der Waals surface area contributed by atoms with Gasteiger partial charge in [-0.25, -0.2) is 0 Å². The summed E-state index contributed by atoms with van der Waals surface area (Å²) in [6.45, 7) is 4.19. The van der Waals surface area contributed by atoms with Crippen molar-refractivity contribution in [3.8, 4) is 0 Å². The summed E-state index contributed by atoms with van der Waals surface area (Å²) in [6, 6.07) is 17.5. The van der Waals surface area contributed by atoms with Crippen LogP contribution in [0.15, 0.2) is 53.4 Å². The van der Waals surface area contributed by atoms with Crippen LogP contribution in [-0.2, 0) is 12.2 Å². The molecule has 100 valence electrons. The van der Waals surface area contributed by atoms with Crippen LogP contribution < -0.4 is 5.73 Å². The van der Waals surface area contributed by atoms with Crippen molar-refractivity contribution in [2.75, 3.05) is 0 Å². The molecule has 1 atom stereocenters. The van der Waals surface area contributed by atoms with Crippen LogP contribution in [0.25, 0.3) is 0 Å². The van der Waals surface area contributed by atoms with Gasteiger partial charge in [-0.1, -0.05) is 48.0 Å². The van der Waals surface area contributed by atoms with Crippen LogP contribution >= 0.6 is 11.8 Å². The molecule has 0 fully saturated rings. The zero-order valence-electron chi connectivity index (χ0n) is 11.6. The third-order valence-electron chi connectivity index (χ3n) is 2.99. The van der Waals surface area contributed by atoms with Crippen LogP contribution in [0.4, 0.5) is 0 Å². The van der Waals surface area contributed by atoms with E-state index in [9.17, 15) is 0 Å². The van der Waals surface area contributed by atoms with Crippen LogP contribution in [0, 0.1) is 6.92 Å². The van der Waals surface area contributed by atoms with Gasteiger partial charge in [-0.15, -0.1) is 11.8 Å². The second-order valence-corrected chi connectivity index (χ2v) is 6.08. The topological polar surface area (TPSA) is 26.0 Å². The molecule has 2 heteroatoms. The summed E-state index contributed by atoms with van der Waals surface area (Å²) < 4.78 is 0. The van der Waals surface area contributed by atoms with Gasteiger partial charge < -0.3 is 5.73 Å². The summed E-state index contributed by atoms with van der Waals surface area (Å²) in [7, 11) is 0. The fraction of sp³-hybridized carbons (Fsp3) is 0.294. The first-order chi connectivity index (χ1) is 9.15. The van der Waals surface area contributed by atoms with E-state index in [4.69, 9.17) is 5.73 Å². The maximum atomic E-state index is 5.91. The number of thioether (sulfide) groups is 1. The van der Waals surface area contributed by atoms with Crippen LogP contribution in [0.1, 0.15) is 23.6 Å². The Balaban J connectivity index is 2.07. The average Bonchev–Trinajstić information content (AvgIpc) is 2.37. The summed E-state index contributed by atoms with van der Waals surface area (Å²) in [5.74, 6) is 1.01. The molecule has 2 aromatic rings. The highest BCUT2D eigenvalue weighted by atomic mass is 32.2. The summed E-state index contributed by atoms with van der Waals surface area (Å²) in [6.07, 6.45) is 0.941. The van der Waals surface area contributed by atoms with Crippen molar-refractivity contribution in [2.45, 2.75) is 37.0 Å². The number of hydrogen-bond acceptors (Lipinski definition) is 2. The van der Waals surface area contributed by atoms with E-state index in [-0.39, 0.29) is 6.04 Å². The van der Waals surface area contributed by atoms with E-state index < -0.39 is 0 Å². The highest BCUT2D eigenvalue weighted by molar-refractivity contribution is 7.98. The third kappa shape index (κ3) is 4.41. The molecular formula is C17H21NS. The molecule has 0 bridgehead atoms. The quantitative estimate of drug-likeness (QED) is 0.826. The molecule has 0 aliphatic rings. The van der Waals surface area contributed by atoms with Gasteiger partial charge in [-0.3, -0.25) is 0 Å². The molecule has 0 aromatic heterocycles. The van der Waals surface area contributed by atoms with Gasteiger partial charge in [0.05, 0.1) is 0 Å². The molecule has 1 unspecified atom stereocenters. The molecule has 0 radical (unpaired) electrons. The fourth-order valence-corrected chi connectivity index (χ4v) is 3.14. The van der Waals surface area contributed by atoms with Crippen LogP contribution in [0.3, 0.4) is 0 Å². The normalized spacial score (nSPS) is 12.4. The lowest BCUT2D eigenvalue weighted by atomic mass is 10.1. The van der Waals surface area contributed by atoms with Crippen molar-refractivity contribution in [2.24, 2.45) is 5.73 Å². The second kappa shape index (κ2) is 6.78. The molecule has 19 heavy (non-hydrogen) atoms. The monoisotopic (exact) mass is 271 g/mol. The molecule has 1 nitrogen and oxygen atoms in total. The summed E-state index contributed by atoms with van der Waals surface area (Å²) in [5.41, 5.74) is 9.96. The Morgan fingerprint density at radius 3 is 2.63 bits per heavy atom. The Labute approximate surface area is 120 Å². The predicted octanol–water partition coefficient (Wildman–Crippen LogP) is 4.18. The standard InChI is InChI=1S/C17H21NS/c1-13-6-5-7-15(10-13)12-19-17-9-4-3-8-16(17)11-14(2)18/h3-10,14H,11-12,18H2,1-2H3. The van der Waals surface area contributed by atoms with Gasteiger partial charge in [0.1, 0.15) is 0 Å². The molecule has 2 N–H and O–H groups in total. The highest BCUT2D eigenvalue weighted by Crippen LogP contribution is 2.27. The Morgan fingerprint density at radius 2 is 1.89 bits per heavy atom. The number of aryl methyl sites for hydroxylation is 1. The molecule has 0 heterocycles. The van der Waals surface area contributed by atoms with Crippen molar-refractivity contribution in [1.29, 1.82) is 0 Å². The molecular weight excluding hydrogens is 250 g/mol. The molecule has 2 aromatic carbocycles. The minimum absolute atomic E-state index is 0.209. The summed E-state index contributed by atoms with van der Waals surface area (Å²) in [4.78, 5) is 1.35. The summed E-state index contributed by atoms with van der Waals surface area (Å²) in [5, 5.41) is 0. The lowest BCUT2D eigenvalue weighted by molar-refractivity contribution is 0.729. The molecule has 0 aliphatic carbocycles. The van der Waals surface area contributed by atoms with Gasteiger partial charge in [0, 0.05) is 16.7 Å². The third-order valence-corrected chi connectivity index (χ3v) is 4.18. The minimum atomic E-state index is 0.209. The van der Waals surface area contributed by atoms with Gasteiger partial charge in [0.15, 0.2) is 0 Å². The number of hydrogen-bond donors (Lipinski definition) is 1. The number of benzene rings is 2. The summed E-state index contributed by atoms with van der Waals surface area (Å²) >= 11 is 1.90. The van der Waals surface area contributed by atoms with Crippen LogP contribution in [0.2, 0.25) is 0 Å². The maximum Gasteiger partial charge on any atom is 0.0232 e. The molecule has 0 amide bonds. The Hall–Kier alpha value is -1.25. The Morgan fingerprint density at radius 1 is 1.11 bits per heavy atom. The maximum absolute atomic E-state index is 5.91. The van der Waals surface area contributed by atoms with E-state index in [2.05, 4.69) is 62.4 Å². The van der Waals surface area contributed by atoms with Gasteiger partial charge in [0.2, 0.25) is 0 Å². The van der Waals surface area contributed by atoms with Gasteiger partial charge >= 0.3 is 0 Å². The average molecular weight is 271 g/mol. The van der Waals surface area contributed by atoms with E-state index in [1.165, 1.54) is 21.6 Å². The Kier molecular flexibility index (Phi) is 5.06.